The number of carbonyl (C=O) groups is 1. The minimum atomic E-state index is -2.58. The van der Waals surface area contributed by atoms with Crippen molar-refractivity contribution in [1.82, 2.24) is 4.98 Å². The Balaban J connectivity index is 1.93. The summed E-state index contributed by atoms with van der Waals surface area (Å²) in [5, 5.41) is 0. The average molecular weight is 318 g/mol. The van der Waals surface area contributed by atoms with Crippen LogP contribution in [-0.4, -0.2) is 16.7 Å². The Morgan fingerprint density at radius 2 is 2.06 bits per heavy atom. The molecule has 0 aliphatic heterocycles. The van der Waals surface area contributed by atoms with E-state index in [-0.39, 0.29) is 31.0 Å². The molecule has 2 nitrogen and oxygen atoms in total. The Hall–Kier alpha value is -0.840. The van der Waals surface area contributed by atoms with Crippen molar-refractivity contribution in [2.45, 2.75) is 38.0 Å². The quantitative estimate of drug-likeness (QED) is 0.849. The summed E-state index contributed by atoms with van der Waals surface area (Å²) in [5.41, 5.74) is 0.826. The summed E-state index contributed by atoms with van der Waals surface area (Å²) in [6, 6.07) is 1.84. The molecular formula is C13H14BrF2NO. The van der Waals surface area contributed by atoms with E-state index < -0.39 is 5.92 Å². The van der Waals surface area contributed by atoms with Crippen molar-refractivity contribution in [3.05, 3.63) is 28.5 Å². The third-order valence-electron chi connectivity index (χ3n) is 3.31. The second kappa shape index (κ2) is 5.43. The first-order valence-electron chi connectivity index (χ1n) is 5.96. The van der Waals surface area contributed by atoms with Crippen LogP contribution in [0, 0.1) is 5.92 Å². The van der Waals surface area contributed by atoms with Crippen LogP contribution >= 0.6 is 15.9 Å². The lowest BCUT2D eigenvalue weighted by molar-refractivity contribution is -0.126. The van der Waals surface area contributed by atoms with Gasteiger partial charge in [-0.05, 0) is 40.4 Å². The molecule has 0 radical (unpaired) electrons. The van der Waals surface area contributed by atoms with Crippen LogP contribution in [0.15, 0.2) is 22.9 Å². The van der Waals surface area contributed by atoms with E-state index in [4.69, 9.17) is 0 Å². The second-order valence-electron chi connectivity index (χ2n) is 4.78. The van der Waals surface area contributed by atoms with Gasteiger partial charge in [-0.25, -0.2) is 8.78 Å². The minimum absolute atomic E-state index is 0.0467. The monoisotopic (exact) mass is 317 g/mol. The zero-order chi connectivity index (χ0) is 13.2. The summed E-state index contributed by atoms with van der Waals surface area (Å²) in [4.78, 5) is 16.0. The van der Waals surface area contributed by atoms with E-state index in [1.807, 2.05) is 6.07 Å². The third-order valence-corrected chi connectivity index (χ3v) is 3.75. The molecule has 18 heavy (non-hydrogen) atoms. The van der Waals surface area contributed by atoms with Crippen LogP contribution in [0.4, 0.5) is 8.78 Å². The zero-order valence-corrected chi connectivity index (χ0v) is 11.4. The number of rotatable bonds is 3. The fourth-order valence-corrected chi connectivity index (χ4v) is 2.67. The summed E-state index contributed by atoms with van der Waals surface area (Å²) in [6.45, 7) is 0. The average Bonchev–Trinajstić information content (AvgIpc) is 2.28. The van der Waals surface area contributed by atoms with E-state index in [9.17, 15) is 13.6 Å². The molecule has 1 aliphatic rings. The van der Waals surface area contributed by atoms with Crippen molar-refractivity contribution in [3.8, 4) is 0 Å². The minimum Gasteiger partial charge on any atom is -0.299 e. The molecule has 0 amide bonds. The smallest absolute Gasteiger partial charge is 0.248 e. The molecule has 0 spiro atoms. The number of hydrogen-bond donors (Lipinski definition) is 0. The molecule has 98 valence electrons. The summed E-state index contributed by atoms with van der Waals surface area (Å²) >= 11 is 3.29. The number of halogens is 3. The number of carbonyl (C=O) groups excluding carboxylic acids is 1. The van der Waals surface area contributed by atoms with Gasteiger partial charge in [-0.2, -0.15) is 0 Å². The van der Waals surface area contributed by atoms with E-state index in [0.717, 1.165) is 10.0 Å². The number of alkyl halides is 2. The van der Waals surface area contributed by atoms with Crippen LogP contribution in [0.1, 0.15) is 31.2 Å². The molecule has 1 aromatic heterocycles. The van der Waals surface area contributed by atoms with Crippen molar-refractivity contribution in [2.24, 2.45) is 5.92 Å². The molecule has 0 unspecified atom stereocenters. The summed E-state index contributed by atoms with van der Waals surface area (Å²) < 4.78 is 26.8. The zero-order valence-electron chi connectivity index (χ0n) is 9.83. The first-order chi connectivity index (χ1) is 8.46. The van der Waals surface area contributed by atoms with Gasteiger partial charge in [0.1, 0.15) is 5.78 Å². The number of Topliss-reactive ketones (excluding diaryl/α,β-unsaturated/α-hetero) is 1. The fraction of sp³-hybridized carbons (Fsp3) is 0.538. The molecule has 1 heterocycles. The van der Waals surface area contributed by atoms with Gasteiger partial charge in [0.15, 0.2) is 0 Å². The second-order valence-corrected chi connectivity index (χ2v) is 5.70. The Morgan fingerprint density at radius 3 is 2.67 bits per heavy atom. The summed E-state index contributed by atoms with van der Waals surface area (Å²) in [6.07, 6.45) is 3.83. The van der Waals surface area contributed by atoms with Crippen LogP contribution in [0.2, 0.25) is 0 Å². The number of nitrogens with zero attached hydrogens (tertiary/aromatic N) is 1. The first kappa shape index (κ1) is 13.6. The van der Waals surface area contributed by atoms with E-state index in [2.05, 4.69) is 20.9 Å². The third kappa shape index (κ3) is 3.57. The van der Waals surface area contributed by atoms with Crippen LogP contribution in [0.25, 0.3) is 0 Å². The van der Waals surface area contributed by atoms with E-state index in [1.165, 1.54) is 0 Å². The lowest BCUT2D eigenvalue weighted by Gasteiger charge is -2.27. The van der Waals surface area contributed by atoms with Gasteiger partial charge in [-0.15, -0.1) is 0 Å². The molecule has 1 aliphatic carbocycles. The van der Waals surface area contributed by atoms with Gasteiger partial charge < -0.3 is 0 Å². The standard InChI is InChI=1S/C13H14BrF2NO/c14-11-5-9(7-17-8-11)6-12(18)10-1-3-13(15,16)4-2-10/h5,7-8,10H,1-4,6H2. The number of ketones is 1. The van der Waals surface area contributed by atoms with Gasteiger partial charge in [-0.3, -0.25) is 9.78 Å². The molecule has 0 bridgehead atoms. The Bertz CT molecular complexity index is 440. The van der Waals surface area contributed by atoms with Crippen LogP contribution in [0.3, 0.4) is 0 Å². The van der Waals surface area contributed by atoms with Crippen molar-refractivity contribution < 1.29 is 13.6 Å². The molecule has 1 saturated carbocycles. The molecule has 0 atom stereocenters. The normalized spacial score (nSPS) is 19.7. The van der Waals surface area contributed by atoms with Crippen LogP contribution < -0.4 is 0 Å². The Morgan fingerprint density at radius 1 is 1.39 bits per heavy atom. The van der Waals surface area contributed by atoms with Gasteiger partial charge >= 0.3 is 0 Å². The van der Waals surface area contributed by atoms with E-state index in [0.29, 0.717) is 12.8 Å². The molecule has 5 heteroatoms. The van der Waals surface area contributed by atoms with Gasteiger partial charge in [-0.1, -0.05) is 0 Å². The number of pyridine rings is 1. The SMILES string of the molecule is O=C(Cc1cncc(Br)c1)C1CCC(F)(F)CC1. The topological polar surface area (TPSA) is 30.0 Å². The predicted octanol–water partition coefficient (Wildman–Crippen LogP) is 3.78. The highest BCUT2D eigenvalue weighted by atomic mass is 79.9. The highest BCUT2D eigenvalue weighted by Crippen LogP contribution is 2.36. The number of hydrogen-bond acceptors (Lipinski definition) is 2. The van der Waals surface area contributed by atoms with Crippen LogP contribution in [-0.2, 0) is 11.2 Å². The Labute approximate surface area is 113 Å². The molecular weight excluding hydrogens is 304 g/mol. The van der Waals surface area contributed by atoms with Gasteiger partial charge in [0, 0.05) is 42.0 Å². The molecule has 1 aromatic rings. The molecule has 0 aromatic carbocycles. The molecule has 2 rings (SSSR count). The first-order valence-corrected chi connectivity index (χ1v) is 6.75. The lowest BCUT2D eigenvalue weighted by Crippen LogP contribution is -2.29. The van der Waals surface area contributed by atoms with E-state index >= 15 is 0 Å². The maximum absolute atomic E-state index is 13.0. The molecule has 1 fully saturated rings. The molecule has 0 N–H and O–H groups in total. The summed E-state index contributed by atoms with van der Waals surface area (Å²) in [7, 11) is 0. The number of aromatic nitrogens is 1. The van der Waals surface area contributed by atoms with Crippen molar-refractivity contribution in [3.63, 3.8) is 0 Å². The molecule has 0 saturated heterocycles. The van der Waals surface area contributed by atoms with Crippen LogP contribution in [0.5, 0.6) is 0 Å². The maximum Gasteiger partial charge on any atom is 0.248 e. The lowest BCUT2D eigenvalue weighted by atomic mass is 9.82. The van der Waals surface area contributed by atoms with Gasteiger partial charge in [0.25, 0.3) is 0 Å². The maximum atomic E-state index is 13.0. The highest BCUT2D eigenvalue weighted by Gasteiger charge is 2.37. The van der Waals surface area contributed by atoms with Gasteiger partial charge in [0.05, 0.1) is 0 Å². The van der Waals surface area contributed by atoms with Crippen molar-refractivity contribution in [2.75, 3.05) is 0 Å². The fourth-order valence-electron chi connectivity index (χ4n) is 2.26. The predicted molar refractivity (Wildman–Crippen MR) is 67.6 cm³/mol. The van der Waals surface area contributed by atoms with E-state index in [1.54, 1.807) is 12.4 Å². The largest absolute Gasteiger partial charge is 0.299 e. The summed E-state index contributed by atoms with van der Waals surface area (Å²) in [5.74, 6) is -2.75. The Kier molecular flexibility index (Phi) is 4.10. The van der Waals surface area contributed by atoms with Gasteiger partial charge in [0.2, 0.25) is 5.92 Å². The van der Waals surface area contributed by atoms with Crippen molar-refractivity contribution >= 4 is 21.7 Å². The van der Waals surface area contributed by atoms with Crippen molar-refractivity contribution in [1.29, 1.82) is 0 Å². The highest BCUT2D eigenvalue weighted by molar-refractivity contribution is 9.10.